The Morgan fingerprint density at radius 2 is 0.847 bits per heavy atom. The Balaban J connectivity index is 0.00000183. The van der Waals surface area contributed by atoms with Crippen LogP contribution in [0.3, 0.4) is 0 Å². The van der Waals surface area contributed by atoms with Crippen LogP contribution in [0.15, 0.2) is 60.7 Å². The molecule has 4 aromatic rings. The first-order valence-electron chi connectivity index (χ1n) is 23.9. The normalized spacial score (nSPS) is 19.0. The van der Waals surface area contributed by atoms with Crippen molar-refractivity contribution in [1.29, 1.82) is 0 Å². The van der Waals surface area contributed by atoms with Gasteiger partial charge in [-0.25, -0.2) is 0 Å². The monoisotopic (exact) mass is 1030 g/mol. The zero-order chi connectivity index (χ0) is 52.6. The first-order valence-corrected chi connectivity index (χ1v) is 25.3. The Hall–Kier alpha value is -6.02. The number of ether oxygens (including phenoxy) is 10. The molecule has 0 radical (unpaired) electrons. The van der Waals surface area contributed by atoms with Crippen molar-refractivity contribution in [2.75, 3.05) is 110 Å². The number of hydrogen-bond acceptors (Lipinski definition) is 14. The van der Waals surface area contributed by atoms with E-state index in [9.17, 15) is 13.5 Å². The molecule has 0 amide bonds. The average molecular weight is 1030 g/mol. The van der Waals surface area contributed by atoms with E-state index in [1.54, 1.807) is 56.9 Å². The summed E-state index contributed by atoms with van der Waals surface area (Å²) in [5.74, 6) is 5.06. The van der Waals surface area contributed by atoms with Crippen molar-refractivity contribution in [2.45, 2.75) is 69.9 Å². The van der Waals surface area contributed by atoms with Crippen molar-refractivity contribution >= 4 is 22.4 Å². The molecule has 1 N–H and O–H groups in total. The van der Waals surface area contributed by atoms with Gasteiger partial charge in [0.25, 0.3) is 0 Å². The van der Waals surface area contributed by atoms with Gasteiger partial charge in [0.15, 0.2) is 46.0 Å². The maximum absolute atomic E-state index is 13.2. The van der Waals surface area contributed by atoms with E-state index in [0.29, 0.717) is 107 Å². The lowest BCUT2D eigenvalue weighted by Gasteiger charge is -2.46. The molecule has 2 aliphatic heterocycles. The van der Waals surface area contributed by atoms with E-state index >= 15 is 0 Å². The van der Waals surface area contributed by atoms with Gasteiger partial charge in [0.2, 0.25) is 0 Å². The number of likely N-dealkylation sites (N-methyl/N-ethyl adjacent to an activating group) is 2. The van der Waals surface area contributed by atoms with Gasteiger partial charge in [-0.1, -0.05) is 16.0 Å². The van der Waals surface area contributed by atoms with E-state index in [0.717, 1.165) is 56.3 Å². The van der Waals surface area contributed by atoms with Crippen molar-refractivity contribution in [2.24, 2.45) is 0 Å². The Morgan fingerprint density at radius 3 is 1.18 bits per heavy atom. The molecule has 0 bridgehead atoms. The van der Waals surface area contributed by atoms with Gasteiger partial charge in [0.1, 0.15) is 12.1 Å². The van der Waals surface area contributed by atoms with Gasteiger partial charge in [-0.2, -0.15) is 8.42 Å². The molecule has 0 fully saturated rings. The SMILES string of the molecule is COc1ccc(CC2c3cc(OC)c(OC)cc3CC[N+]2(C)CCC(=O)OCCCCCOC(=O)CC[N+]2(C)CCc3cc(OC)c(OC)cc3C2Cc2ccc(OC)c(OC)c2)cc1OC.O=S(=O)(O)F. The maximum atomic E-state index is 13.2. The predicted molar refractivity (Wildman–Crippen MR) is 268 cm³/mol. The number of nitrogens with zero attached hydrogens (tertiary/aromatic N) is 2. The third-order valence-corrected chi connectivity index (χ3v) is 14.0. The second kappa shape index (κ2) is 26.1. The smallest absolute Gasteiger partial charge is 0.435 e. The summed E-state index contributed by atoms with van der Waals surface area (Å²) >= 11 is 0. The van der Waals surface area contributed by atoms with Gasteiger partial charge in [-0.3, -0.25) is 14.1 Å². The number of rotatable bonds is 24. The molecule has 4 aromatic carbocycles. The summed E-state index contributed by atoms with van der Waals surface area (Å²) < 4.78 is 91.9. The standard InChI is InChI=1S/C53H72N2O12.FHO3S/c1-54(22-18-38-32-48(62-7)50(64-9)34-40(38)42(54)28-36-14-16-44(58-3)46(30-36)60-5)24-20-52(56)66-26-12-11-13-27-67-53(57)21-25-55(2)23-19-39-33-49(63-8)51(65-10)35-41(39)43(55)29-37-15-17-45(59-4)47(31-37)61-6;1-5(2,3)4/h14-17,30-35,42-43H,11-13,18-29H2,1-10H3;(H,2,3,4)/q+2;. The lowest BCUT2D eigenvalue weighted by Crippen LogP contribution is -2.53. The third-order valence-electron chi connectivity index (χ3n) is 14.0. The molecule has 2 heterocycles. The lowest BCUT2D eigenvalue weighted by molar-refractivity contribution is -0.940. The highest BCUT2D eigenvalue weighted by Crippen LogP contribution is 2.45. The largest absolute Gasteiger partial charge is 0.493 e. The Kier molecular flexibility index (Phi) is 20.6. The fraction of sp³-hybridized carbons (Fsp3) is 0.509. The minimum Gasteiger partial charge on any atom is -0.493 e. The van der Waals surface area contributed by atoms with Crippen LogP contribution in [0.5, 0.6) is 46.0 Å². The number of hydrogen-bond donors (Lipinski definition) is 1. The lowest BCUT2D eigenvalue weighted by atomic mass is 9.86. The molecular formula is C53H73FN2O15S+2. The summed E-state index contributed by atoms with van der Waals surface area (Å²) in [5.41, 5.74) is 7.00. The van der Waals surface area contributed by atoms with Gasteiger partial charge in [0, 0.05) is 36.8 Å². The van der Waals surface area contributed by atoms with Crippen molar-refractivity contribution in [3.63, 3.8) is 0 Å². The van der Waals surface area contributed by atoms with E-state index in [1.807, 2.05) is 24.3 Å². The van der Waals surface area contributed by atoms with Crippen LogP contribution in [0, 0.1) is 0 Å². The number of fused-ring (bicyclic) bond motifs is 2. The highest BCUT2D eigenvalue weighted by molar-refractivity contribution is 7.80. The highest BCUT2D eigenvalue weighted by atomic mass is 32.3. The summed E-state index contributed by atoms with van der Waals surface area (Å²) in [6.07, 6.45) is 5.85. The van der Waals surface area contributed by atoms with Crippen LogP contribution in [-0.2, 0) is 55.3 Å². The molecule has 0 saturated carbocycles. The first-order chi connectivity index (χ1) is 34.4. The number of unbranched alkanes of at least 4 members (excludes halogenated alkanes) is 2. The molecule has 396 valence electrons. The van der Waals surface area contributed by atoms with E-state index in [4.69, 9.17) is 60.3 Å². The second-order valence-corrected chi connectivity index (χ2v) is 19.2. The molecule has 17 nitrogen and oxygen atoms in total. The van der Waals surface area contributed by atoms with Gasteiger partial charge in [-0.05, 0) is 90.0 Å². The molecule has 72 heavy (non-hydrogen) atoms. The van der Waals surface area contributed by atoms with Crippen molar-refractivity contribution in [1.82, 2.24) is 0 Å². The molecule has 2 aliphatic rings. The van der Waals surface area contributed by atoms with Gasteiger partial charge >= 0.3 is 22.4 Å². The van der Waals surface area contributed by atoms with Crippen molar-refractivity contribution < 1.29 is 82.8 Å². The molecule has 6 rings (SSSR count). The summed E-state index contributed by atoms with van der Waals surface area (Å²) in [6.45, 7) is 3.57. The van der Waals surface area contributed by atoms with Gasteiger partial charge in [0.05, 0.1) is 123 Å². The molecular weight excluding hydrogens is 956 g/mol. The number of carbonyl (C=O) groups excluding carboxylic acids is 2. The Bertz CT molecular complexity index is 2410. The number of carbonyl (C=O) groups is 2. The van der Waals surface area contributed by atoms with Crippen LogP contribution in [0.2, 0.25) is 0 Å². The summed E-state index contributed by atoms with van der Waals surface area (Å²) in [4.78, 5) is 26.4. The molecule has 0 aliphatic carbocycles. The average Bonchev–Trinajstić information content (AvgIpc) is 3.37. The van der Waals surface area contributed by atoms with E-state index in [-0.39, 0.29) is 24.0 Å². The third kappa shape index (κ3) is 15.0. The zero-order valence-corrected chi connectivity index (χ0v) is 44.2. The molecule has 0 spiro atoms. The molecule has 19 heteroatoms. The van der Waals surface area contributed by atoms with Crippen LogP contribution in [0.25, 0.3) is 0 Å². The van der Waals surface area contributed by atoms with Gasteiger partial charge in [-0.15, -0.1) is 0 Å². The number of quaternary nitrogens is 2. The van der Waals surface area contributed by atoms with Crippen molar-refractivity contribution in [3.8, 4) is 46.0 Å². The van der Waals surface area contributed by atoms with Gasteiger partial charge < -0.3 is 56.3 Å². The van der Waals surface area contributed by atoms with E-state index < -0.39 is 10.5 Å². The predicted octanol–water partition coefficient (Wildman–Crippen LogP) is 7.82. The van der Waals surface area contributed by atoms with Crippen LogP contribution in [0.4, 0.5) is 3.89 Å². The minimum atomic E-state index is -5.17. The summed E-state index contributed by atoms with van der Waals surface area (Å²) in [7, 11) is 12.4. The van der Waals surface area contributed by atoms with Crippen LogP contribution in [0.1, 0.15) is 77.6 Å². The number of esters is 2. The van der Waals surface area contributed by atoms with Crippen molar-refractivity contribution in [3.05, 3.63) is 94.0 Å². The topological polar surface area (TPSA) is 181 Å². The highest BCUT2D eigenvalue weighted by Gasteiger charge is 2.42. The number of methoxy groups -OCH3 is 8. The summed E-state index contributed by atoms with van der Waals surface area (Å²) in [5, 5.41) is 0. The molecule has 4 unspecified atom stereocenters. The maximum Gasteiger partial charge on any atom is 0.435 e. The number of benzene rings is 4. The minimum absolute atomic E-state index is 0.0393. The molecule has 0 saturated heterocycles. The zero-order valence-electron chi connectivity index (χ0n) is 43.4. The van der Waals surface area contributed by atoms with Crippen LogP contribution >= 0.6 is 0 Å². The van der Waals surface area contributed by atoms with E-state index in [2.05, 4.69) is 50.5 Å². The molecule has 0 aromatic heterocycles. The fourth-order valence-electron chi connectivity index (χ4n) is 9.91. The summed E-state index contributed by atoms with van der Waals surface area (Å²) in [6, 6.07) is 20.5. The fourth-order valence-corrected chi connectivity index (χ4v) is 9.91. The Labute approximate surface area is 424 Å². The Morgan fingerprint density at radius 1 is 0.528 bits per heavy atom. The number of halogens is 1. The quantitative estimate of drug-likeness (QED) is 0.0236. The molecule has 4 atom stereocenters. The second-order valence-electron chi connectivity index (χ2n) is 18.4. The first kappa shape index (κ1) is 56.9. The van der Waals surface area contributed by atoms with Crippen LogP contribution < -0.4 is 37.9 Å². The van der Waals surface area contributed by atoms with Crippen LogP contribution in [-0.4, -0.2) is 144 Å². The van der Waals surface area contributed by atoms with E-state index in [1.165, 1.54) is 22.3 Å².